The van der Waals surface area contributed by atoms with Gasteiger partial charge in [-0.1, -0.05) is 30.3 Å². The number of H-pyrrole nitrogens is 1. The quantitative estimate of drug-likeness (QED) is 0.876. The summed E-state index contributed by atoms with van der Waals surface area (Å²) in [5.74, 6) is 1.69. The van der Waals surface area contributed by atoms with Crippen LogP contribution in [0.15, 0.2) is 30.3 Å². The van der Waals surface area contributed by atoms with Crippen LogP contribution >= 0.6 is 0 Å². The summed E-state index contributed by atoms with van der Waals surface area (Å²) in [4.78, 5) is 18.6. The van der Waals surface area contributed by atoms with Gasteiger partial charge < -0.3 is 4.74 Å². The molecule has 1 fully saturated rings. The largest absolute Gasteiger partial charge is 0.468 e. The fourth-order valence-electron chi connectivity index (χ4n) is 3.07. The van der Waals surface area contributed by atoms with Crippen molar-refractivity contribution in [3.05, 3.63) is 36.2 Å². The topological polar surface area (TPSA) is 71.1 Å². The van der Waals surface area contributed by atoms with E-state index in [9.17, 15) is 4.79 Å². The molecule has 0 saturated carbocycles. The third kappa shape index (κ3) is 3.42. The van der Waals surface area contributed by atoms with Crippen LogP contribution in [0.5, 0.6) is 0 Å². The predicted octanol–water partition coefficient (Wildman–Crippen LogP) is 2.21. The number of aromatic amines is 1. The molecule has 1 aliphatic heterocycles. The molecular weight excluding hydrogens is 292 g/mol. The van der Waals surface area contributed by atoms with Gasteiger partial charge in [-0.05, 0) is 26.3 Å². The molecule has 0 aliphatic carbocycles. The SMILES string of the molecule is COC(=O)[C@H](C)N1CCC[C@@H](c2nc(-c3ccccc3)n[nH]2)C1. The number of carbonyl (C=O) groups excluding carboxylic acids is 1. The molecule has 3 rings (SSSR count). The number of esters is 1. The van der Waals surface area contributed by atoms with Crippen LogP contribution in [0.25, 0.3) is 11.4 Å². The van der Waals surface area contributed by atoms with Gasteiger partial charge in [0.2, 0.25) is 0 Å². The van der Waals surface area contributed by atoms with E-state index in [4.69, 9.17) is 4.74 Å². The summed E-state index contributed by atoms with van der Waals surface area (Å²) >= 11 is 0. The fourth-order valence-corrected chi connectivity index (χ4v) is 3.07. The van der Waals surface area contributed by atoms with Gasteiger partial charge in [0.15, 0.2) is 5.82 Å². The molecule has 0 radical (unpaired) electrons. The smallest absolute Gasteiger partial charge is 0.322 e. The minimum atomic E-state index is -0.223. The lowest BCUT2D eigenvalue weighted by atomic mass is 9.96. The molecule has 122 valence electrons. The van der Waals surface area contributed by atoms with Crippen LogP contribution in [-0.4, -0.2) is 52.3 Å². The van der Waals surface area contributed by atoms with Gasteiger partial charge in [0.1, 0.15) is 11.9 Å². The monoisotopic (exact) mass is 314 g/mol. The zero-order valence-electron chi connectivity index (χ0n) is 13.5. The fraction of sp³-hybridized carbons (Fsp3) is 0.471. The van der Waals surface area contributed by atoms with Crippen LogP contribution in [0.1, 0.15) is 31.5 Å². The van der Waals surface area contributed by atoms with Crippen molar-refractivity contribution >= 4 is 5.97 Å². The van der Waals surface area contributed by atoms with Gasteiger partial charge in [0, 0.05) is 18.0 Å². The number of ether oxygens (including phenoxy) is 1. The van der Waals surface area contributed by atoms with Crippen molar-refractivity contribution in [3.8, 4) is 11.4 Å². The third-order valence-electron chi connectivity index (χ3n) is 4.46. The number of methoxy groups -OCH3 is 1. The van der Waals surface area contributed by atoms with Gasteiger partial charge in [-0.15, -0.1) is 0 Å². The molecule has 23 heavy (non-hydrogen) atoms. The Bertz CT molecular complexity index is 656. The van der Waals surface area contributed by atoms with Crippen LogP contribution in [0, 0.1) is 0 Å². The van der Waals surface area contributed by atoms with Crippen molar-refractivity contribution in [3.63, 3.8) is 0 Å². The van der Waals surface area contributed by atoms with Crippen molar-refractivity contribution < 1.29 is 9.53 Å². The number of nitrogens with zero attached hydrogens (tertiary/aromatic N) is 3. The molecular formula is C17H22N4O2. The Kier molecular flexibility index (Phi) is 4.71. The maximum Gasteiger partial charge on any atom is 0.322 e. The van der Waals surface area contributed by atoms with Crippen LogP contribution in [0.4, 0.5) is 0 Å². The lowest BCUT2D eigenvalue weighted by molar-refractivity contribution is -0.146. The van der Waals surface area contributed by atoms with Gasteiger partial charge in [-0.3, -0.25) is 14.8 Å². The highest BCUT2D eigenvalue weighted by Crippen LogP contribution is 2.27. The van der Waals surface area contributed by atoms with E-state index in [1.54, 1.807) is 0 Å². The molecule has 2 heterocycles. The molecule has 6 nitrogen and oxygen atoms in total. The number of benzene rings is 1. The van der Waals surface area contributed by atoms with Crippen LogP contribution in [-0.2, 0) is 9.53 Å². The molecule has 1 aromatic heterocycles. The average molecular weight is 314 g/mol. The van der Waals surface area contributed by atoms with Gasteiger partial charge in [0.05, 0.1) is 7.11 Å². The number of carbonyl (C=O) groups is 1. The summed E-state index contributed by atoms with van der Waals surface area (Å²) < 4.78 is 4.85. The lowest BCUT2D eigenvalue weighted by Gasteiger charge is -2.34. The minimum Gasteiger partial charge on any atom is -0.468 e. The van der Waals surface area contributed by atoms with Gasteiger partial charge in [-0.2, -0.15) is 5.10 Å². The van der Waals surface area contributed by atoms with Crippen LogP contribution in [0.3, 0.4) is 0 Å². The highest BCUT2D eigenvalue weighted by molar-refractivity contribution is 5.75. The van der Waals surface area contributed by atoms with Crippen molar-refractivity contribution in [2.45, 2.75) is 31.7 Å². The van der Waals surface area contributed by atoms with Gasteiger partial charge >= 0.3 is 5.97 Å². The number of rotatable bonds is 4. The average Bonchev–Trinajstić information content (AvgIpc) is 3.11. The molecule has 6 heteroatoms. The Balaban J connectivity index is 1.72. The summed E-state index contributed by atoms with van der Waals surface area (Å²) in [5.41, 5.74) is 1.01. The molecule has 0 amide bonds. The Hall–Kier alpha value is -2.21. The molecule has 2 atom stereocenters. The first-order chi connectivity index (χ1) is 11.2. The Labute approximate surface area is 135 Å². The Morgan fingerprint density at radius 3 is 2.91 bits per heavy atom. The van der Waals surface area contributed by atoms with E-state index >= 15 is 0 Å². The number of hydrogen-bond acceptors (Lipinski definition) is 5. The summed E-state index contributed by atoms with van der Waals surface area (Å²) in [6.45, 7) is 3.59. The van der Waals surface area contributed by atoms with E-state index in [0.29, 0.717) is 0 Å². The van der Waals surface area contributed by atoms with E-state index in [2.05, 4.69) is 20.1 Å². The van der Waals surface area contributed by atoms with E-state index in [-0.39, 0.29) is 17.9 Å². The zero-order valence-corrected chi connectivity index (χ0v) is 13.5. The van der Waals surface area contributed by atoms with Crippen molar-refractivity contribution in [2.75, 3.05) is 20.2 Å². The van der Waals surface area contributed by atoms with Crippen LogP contribution < -0.4 is 0 Å². The van der Waals surface area contributed by atoms with E-state index in [0.717, 1.165) is 43.1 Å². The molecule has 1 aromatic carbocycles. The second kappa shape index (κ2) is 6.91. The predicted molar refractivity (Wildman–Crippen MR) is 86.8 cm³/mol. The standard InChI is InChI=1S/C17H22N4O2/c1-12(17(22)23-2)21-10-6-9-14(11-21)16-18-15(19-20-16)13-7-4-3-5-8-13/h3-5,7-8,12,14H,6,9-11H2,1-2H3,(H,18,19,20)/t12-,14+/m0/s1. The first kappa shape index (κ1) is 15.7. The molecule has 0 unspecified atom stereocenters. The number of nitrogens with one attached hydrogen (secondary N) is 1. The van der Waals surface area contributed by atoms with E-state index in [1.165, 1.54) is 7.11 Å². The molecule has 0 spiro atoms. The summed E-state index contributed by atoms with van der Waals surface area (Å²) in [7, 11) is 1.43. The van der Waals surface area contributed by atoms with E-state index < -0.39 is 0 Å². The summed E-state index contributed by atoms with van der Waals surface area (Å²) in [6.07, 6.45) is 2.08. The van der Waals surface area contributed by atoms with Crippen molar-refractivity contribution in [2.24, 2.45) is 0 Å². The number of piperidine rings is 1. The second-order valence-electron chi connectivity index (χ2n) is 5.94. The lowest BCUT2D eigenvalue weighted by Crippen LogP contribution is -2.45. The second-order valence-corrected chi connectivity index (χ2v) is 5.94. The van der Waals surface area contributed by atoms with Gasteiger partial charge in [0.25, 0.3) is 0 Å². The number of likely N-dealkylation sites (tertiary alicyclic amines) is 1. The summed E-state index contributed by atoms with van der Waals surface area (Å²) in [5, 5.41) is 7.41. The molecule has 0 bridgehead atoms. The summed E-state index contributed by atoms with van der Waals surface area (Å²) in [6, 6.07) is 9.71. The third-order valence-corrected chi connectivity index (χ3v) is 4.46. The highest BCUT2D eigenvalue weighted by Gasteiger charge is 2.30. The number of aromatic nitrogens is 3. The Morgan fingerprint density at radius 1 is 1.39 bits per heavy atom. The molecule has 2 aromatic rings. The first-order valence-electron chi connectivity index (χ1n) is 7.98. The maximum absolute atomic E-state index is 11.7. The molecule has 1 aliphatic rings. The maximum atomic E-state index is 11.7. The van der Waals surface area contributed by atoms with Crippen molar-refractivity contribution in [1.29, 1.82) is 0 Å². The molecule has 1 N–H and O–H groups in total. The van der Waals surface area contributed by atoms with Gasteiger partial charge in [-0.25, -0.2) is 4.98 Å². The molecule has 1 saturated heterocycles. The van der Waals surface area contributed by atoms with Crippen LogP contribution in [0.2, 0.25) is 0 Å². The first-order valence-corrected chi connectivity index (χ1v) is 7.98. The zero-order chi connectivity index (χ0) is 16.2. The van der Waals surface area contributed by atoms with Crippen molar-refractivity contribution in [1.82, 2.24) is 20.1 Å². The normalized spacial score (nSPS) is 20.2. The Morgan fingerprint density at radius 2 is 2.17 bits per heavy atom. The minimum absolute atomic E-state index is 0.187. The van der Waals surface area contributed by atoms with E-state index in [1.807, 2.05) is 37.3 Å². The number of hydrogen-bond donors (Lipinski definition) is 1. The highest BCUT2D eigenvalue weighted by atomic mass is 16.5.